The van der Waals surface area contributed by atoms with E-state index in [0.717, 1.165) is 22.2 Å². The van der Waals surface area contributed by atoms with Crippen molar-refractivity contribution in [1.82, 2.24) is 4.98 Å². The monoisotopic (exact) mass is 247 g/mol. The summed E-state index contributed by atoms with van der Waals surface area (Å²) in [4.78, 5) is 3.32. The number of H-pyrrole nitrogens is 1. The molecule has 2 rings (SSSR count). The van der Waals surface area contributed by atoms with Gasteiger partial charge in [-0.05, 0) is 29.2 Å². The summed E-state index contributed by atoms with van der Waals surface area (Å²) in [6.45, 7) is 12.6. The fourth-order valence-corrected chi connectivity index (χ4v) is 2.13. The van der Waals surface area contributed by atoms with Gasteiger partial charge in [0.05, 0.1) is 0 Å². The molecule has 0 bridgehead atoms. The second kappa shape index (κ2) is 3.84. The maximum Gasteiger partial charge on any atom is 0.129 e. The fraction of sp³-hybridized carbons (Fsp3) is 0.500. The lowest BCUT2D eigenvalue weighted by atomic mass is 9.86. The van der Waals surface area contributed by atoms with Gasteiger partial charge in [-0.3, -0.25) is 0 Å². The number of halogens is 1. The van der Waals surface area contributed by atoms with E-state index in [9.17, 15) is 4.39 Å². The van der Waals surface area contributed by atoms with Gasteiger partial charge in [0.1, 0.15) is 5.82 Å². The topological polar surface area (TPSA) is 15.8 Å². The van der Waals surface area contributed by atoms with Crippen molar-refractivity contribution in [2.45, 2.75) is 52.4 Å². The molecule has 0 fully saturated rings. The van der Waals surface area contributed by atoms with Crippen LogP contribution in [0.1, 0.15) is 52.8 Å². The Morgan fingerprint density at radius 3 is 2.00 bits per heavy atom. The SMILES string of the molecule is CC(C)(C)c1cc2cc(C(C)(C)C)c(F)cc2[nH]1. The fourth-order valence-electron chi connectivity index (χ4n) is 2.13. The molecule has 0 unspecified atom stereocenters. The minimum absolute atomic E-state index is 0.0530. The number of rotatable bonds is 0. The number of aromatic amines is 1. The zero-order valence-electron chi connectivity index (χ0n) is 12.1. The molecule has 0 radical (unpaired) electrons. The van der Waals surface area contributed by atoms with E-state index < -0.39 is 0 Å². The average Bonchev–Trinajstić information content (AvgIpc) is 2.56. The molecule has 0 saturated heterocycles. The van der Waals surface area contributed by atoms with Crippen LogP contribution in [-0.4, -0.2) is 4.98 Å². The number of aromatic nitrogens is 1. The van der Waals surface area contributed by atoms with Crippen molar-refractivity contribution < 1.29 is 4.39 Å². The summed E-state index contributed by atoms with van der Waals surface area (Å²) in [7, 11) is 0. The minimum atomic E-state index is -0.169. The van der Waals surface area contributed by atoms with E-state index >= 15 is 0 Å². The first-order chi connectivity index (χ1) is 8.09. The summed E-state index contributed by atoms with van der Waals surface area (Å²) in [6, 6.07) is 5.71. The smallest absolute Gasteiger partial charge is 0.129 e. The molecule has 2 aromatic rings. The molecule has 0 spiro atoms. The van der Waals surface area contributed by atoms with Gasteiger partial charge in [-0.15, -0.1) is 0 Å². The molecule has 1 N–H and O–H groups in total. The molecule has 98 valence electrons. The van der Waals surface area contributed by atoms with Crippen LogP contribution in [0.3, 0.4) is 0 Å². The highest BCUT2D eigenvalue weighted by Gasteiger charge is 2.21. The second-order valence-corrected chi connectivity index (χ2v) is 7.10. The van der Waals surface area contributed by atoms with Crippen molar-refractivity contribution in [3.8, 4) is 0 Å². The van der Waals surface area contributed by atoms with Crippen LogP contribution in [0.4, 0.5) is 4.39 Å². The van der Waals surface area contributed by atoms with Crippen LogP contribution in [0.5, 0.6) is 0 Å². The predicted octanol–water partition coefficient (Wildman–Crippen LogP) is 4.90. The van der Waals surface area contributed by atoms with E-state index in [-0.39, 0.29) is 16.6 Å². The van der Waals surface area contributed by atoms with Crippen molar-refractivity contribution in [2.75, 3.05) is 0 Å². The maximum atomic E-state index is 14.1. The first kappa shape index (κ1) is 13.1. The van der Waals surface area contributed by atoms with Gasteiger partial charge in [0.2, 0.25) is 0 Å². The summed E-state index contributed by atoms with van der Waals surface area (Å²) in [5, 5.41) is 1.09. The third-order valence-electron chi connectivity index (χ3n) is 3.32. The Morgan fingerprint density at radius 1 is 0.889 bits per heavy atom. The quantitative estimate of drug-likeness (QED) is 0.681. The van der Waals surface area contributed by atoms with E-state index in [2.05, 4.69) is 31.8 Å². The maximum absolute atomic E-state index is 14.1. The molecular formula is C16H22FN. The van der Waals surface area contributed by atoms with Crippen LogP contribution in [-0.2, 0) is 10.8 Å². The third kappa shape index (κ3) is 2.29. The van der Waals surface area contributed by atoms with Crippen LogP contribution in [0.25, 0.3) is 10.9 Å². The van der Waals surface area contributed by atoms with E-state index in [0.29, 0.717) is 0 Å². The molecule has 1 aromatic carbocycles. The van der Waals surface area contributed by atoms with Crippen LogP contribution in [0, 0.1) is 5.82 Å². The van der Waals surface area contributed by atoms with Gasteiger partial charge in [-0.25, -0.2) is 4.39 Å². The molecule has 0 aliphatic heterocycles. The van der Waals surface area contributed by atoms with Crippen molar-refractivity contribution in [3.63, 3.8) is 0 Å². The van der Waals surface area contributed by atoms with E-state index in [1.165, 1.54) is 0 Å². The zero-order valence-corrected chi connectivity index (χ0v) is 12.1. The Kier molecular flexibility index (Phi) is 2.80. The van der Waals surface area contributed by atoms with Gasteiger partial charge in [-0.1, -0.05) is 41.5 Å². The Hall–Kier alpha value is -1.31. The number of fused-ring (bicyclic) bond motifs is 1. The van der Waals surface area contributed by atoms with Crippen LogP contribution < -0.4 is 0 Å². The highest BCUT2D eigenvalue weighted by Crippen LogP contribution is 2.31. The molecule has 0 atom stereocenters. The minimum Gasteiger partial charge on any atom is -0.358 e. The van der Waals surface area contributed by atoms with Crippen LogP contribution >= 0.6 is 0 Å². The number of hydrogen-bond donors (Lipinski definition) is 1. The molecule has 0 saturated carbocycles. The normalized spacial score (nSPS) is 13.3. The summed E-state index contributed by atoms with van der Waals surface area (Å²) >= 11 is 0. The highest BCUT2D eigenvalue weighted by atomic mass is 19.1. The van der Waals surface area contributed by atoms with Gasteiger partial charge in [-0.2, -0.15) is 0 Å². The van der Waals surface area contributed by atoms with Gasteiger partial charge < -0.3 is 4.98 Å². The molecular weight excluding hydrogens is 225 g/mol. The van der Waals surface area contributed by atoms with E-state index in [1.807, 2.05) is 26.8 Å². The summed E-state index contributed by atoms with van der Waals surface area (Å²) < 4.78 is 14.1. The average molecular weight is 247 g/mol. The van der Waals surface area contributed by atoms with Crippen molar-refractivity contribution in [3.05, 3.63) is 35.3 Å². The molecule has 1 nitrogen and oxygen atoms in total. The first-order valence-corrected chi connectivity index (χ1v) is 6.42. The Balaban J connectivity index is 2.65. The summed E-state index contributed by atoms with van der Waals surface area (Å²) in [5.41, 5.74) is 2.68. The lowest BCUT2D eigenvalue weighted by Crippen LogP contribution is -2.13. The molecule has 0 aliphatic rings. The highest BCUT2D eigenvalue weighted by molar-refractivity contribution is 5.82. The summed E-state index contributed by atoms with van der Waals surface area (Å²) in [6.07, 6.45) is 0. The Bertz CT molecular complexity index is 579. The van der Waals surface area contributed by atoms with Crippen molar-refractivity contribution >= 4 is 10.9 Å². The largest absolute Gasteiger partial charge is 0.358 e. The van der Waals surface area contributed by atoms with Crippen molar-refractivity contribution in [2.24, 2.45) is 0 Å². The van der Waals surface area contributed by atoms with Gasteiger partial charge in [0.15, 0.2) is 0 Å². The first-order valence-electron chi connectivity index (χ1n) is 6.42. The predicted molar refractivity (Wildman–Crippen MR) is 75.7 cm³/mol. The third-order valence-corrected chi connectivity index (χ3v) is 3.32. The molecule has 0 amide bonds. The van der Waals surface area contributed by atoms with Gasteiger partial charge >= 0.3 is 0 Å². The van der Waals surface area contributed by atoms with E-state index in [1.54, 1.807) is 6.07 Å². The number of nitrogens with one attached hydrogen (secondary N) is 1. The van der Waals surface area contributed by atoms with E-state index in [4.69, 9.17) is 0 Å². The van der Waals surface area contributed by atoms with Crippen LogP contribution in [0.15, 0.2) is 18.2 Å². The Labute approximate surface area is 108 Å². The molecule has 0 aliphatic carbocycles. The molecule has 1 aromatic heterocycles. The lowest BCUT2D eigenvalue weighted by Gasteiger charge is -2.19. The summed E-state index contributed by atoms with van der Waals surface area (Å²) in [5.74, 6) is -0.127. The lowest BCUT2D eigenvalue weighted by molar-refractivity contribution is 0.524. The Morgan fingerprint density at radius 2 is 1.50 bits per heavy atom. The molecule has 2 heteroatoms. The zero-order chi connectivity index (χ0) is 13.7. The molecule has 18 heavy (non-hydrogen) atoms. The van der Waals surface area contributed by atoms with Gasteiger partial charge in [0, 0.05) is 22.0 Å². The standard InChI is InChI=1S/C16H22FN/c1-15(2,3)11-7-10-8-14(16(4,5)6)18-13(10)9-12(11)17/h7-9,18H,1-6H3. The van der Waals surface area contributed by atoms with Crippen molar-refractivity contribution in [1.29, 1.82) is 0 Å². The number of benzene rings is 1. The van der Waals surface area contributed by atoms with Gasteiger partial charge in [0.25, 0.3) is 0 Å². The van der Waals surface area contributed by atoms with Crippen LogP contribution in [0.2, 0.25) is 0 Å². The second-order valence-electron chi connectivity index (χ2n) is 7.10. The number of hydrogen-bond acceptors (Lipinski definition) is 0. The molecule has 1 heterocycles.